The van der Waals surface area contributed by atoms with E-state index in [-0.39, 0.29) is 11.3 Å². The Morgan fingerprint density at radius 1 is 1.12 bits per heavy atom. The van der Waals surface area contributed by atoms with E-state index in [1.165, 1.54) is 5.56 Å². The molecule has 0 atom stereocenters. The highest BCUT2D eigenvalue weighted by Crippen LogP contribution is 2.22. The summed E-state index contributed by atoms with van der Waals surface area (Å²) < 4.78 is 1.72. The molecular formula is C21H22ClN3O. The molecule has 0 aliphatic carbocycles. The highest BCUT2D eigenvalue weighted by atomic mass is 35.5. The van der Waals surface area contributed by atoms with E-state index in [1.54, 1.807) is 17.1 Å². The summed E-state index contributed by atoms with van der Waals surface area (Å²) in [5.74, 6) is -0.126. The number of carbonyl (C=O) groups excluding carboxylic acids is 1. The van der Waals surface area contributed by atoms with E-state index in [0.717, 1.165) is 5.56 Å². The van der Waals surface area contributed by atoms with Crippen LogP contribution in [0.25, 0.3) is 0 Å². The van der Waals surface area contributed by atoms with Gasteiger partial charge in [-0.1, -0.05) is 74.0 Å². The zero-order valence-electron chi connectivity index (χ0n) is 14.9. The molecule has 4 nitrogen and oxygen atoms in total. The zero-order valence-corrected chi connectivity index (χ0v) is 15.7. The molecule has 0 radical (unpaired) electrons. The molecule has 0 unspecified atom stereocenters. The van der Waals surface area contributed by atoms with E-state index >= 15 is 0 Å². The van der Waals surface area contributed by atoms with Gasteiger partial charge in [0.25, 0.3) is 5.91 Å². The number of benzene rings is 2. The summed E-state index contributed by atoms with van der Waals surface area (Å²) in [6.07, 6.45) is 3.33. The lowest BCUT2D eigenvalue weighted by molar-refractivity contribution is 0.0945. The quantitative estimate of drug-likeness (QED) is 0.706. The fourth-order valence-electron chi connectivity index (χ4n) is 2.76. The smallest absolute Gasteiger partial charge is 0.254 e. The Morgan fingerprint density at radius 2 is 1.81 bits per heavy atom. The topological polar surface area (TPSA) is 46.9 Å². The summed E-state index contributed by atoms with van der Waals surface area (Å²) >= 11 is 6.18. The van der Waals surface area contributed by atoms with Gasteiger partial charge in [0.1, 0.15) is 0 Å². The van der Waals surface area contributed by atoms with Gasteiger partial charge in [-0.2, -0.15) is 5.10 Å². The van der Waals surface area contributed by atoms with Crippen molar-refractivity contribution in [3.05, 3.63) is 88.7 Å². The molecule has 5 heteroatoms. The van der Waals surface area contributed by atoms with Crippen molar-refractivity contribution in [1.82, 2.24) is 15.1 Å². The molecule has 0 saturated heterocycles. The van der Waals surface area contributed by atoms with Crippen molar-refractivity contribution in [1.29, 1.82) is 0 Å². The summed E-state index contributed by atoms with van der Waals surface area (Å²) in [5, 5.41) is 7.97. The molecule has 0 aliphatic rings. The van der Waals surface area contributed by atoms with Gasteiger partial charge in [0.05, 0.1) is 18.3 Å². The van der Waals surface area contributed by atoms with E-state index in [0.29, 0.717) is 23.7 Å². The van der Waals surface area contributed by atoms with Crippen LogP contribution in [-0.4, -0.2) is 22.2 Å². The zero-order chi connectivity index (χ0) is 18.6. The number of nitrogens with zero attached hydrogens (tertiary/aromatic N) is 2. The number of halogens is 1. The molecule has 1 aromatic heterocycles. The van der Waals surface area contributed by atoms with E-state index in [4.69, 9.17) is 11.6 Å². The first-order valence-corrected chi connectivity index (χ1v) is 8.93. The third-order valence-electron chi connectivity index (χ3n) is 4.43. The van der Waals surface area contributed by atoms with Crippen LogP contribution in [0.2, 0.25) is 5.02 Å². The minimum absolute atomic E-state index is 0.126. The summed E-state index contributed by atoms with van der Waals surface area (Å²) in [7, 11) is 0. The molecule has 1 N–H and O–H groups in total. The Morgan fingerprint density at radius 3 is 2.54 bits per heavy atom. The molecule has 0 saturated carbocycles. The largest absolute Gasteiger partial charge is 0.351 e. The van der Waals surface area contributed by atoms with Gasteiger partial charge in [-0.25, -0.2) is 0 Å². The average Bonchev–Trinajstić information content (AvgIpc) is 3.11. The number of carbonyl (C=O) groups is 1. The highest BCUT2D eigenvalue weighted by Gasteiger charge is 2.21. The first kappa shape index (κ1) is 18.2. The van der Waals surface area contributed by atoms with Gasteiger partial charge < -0.3 is 5.32 Å². The number of rotatable bonds is 6. The van der Waals surface area contributed by atoms with Crippen LogP contribution in [0.5, 0.6) is 0 Å². The first-order valence-electron chi connectivity index (χ1n) is 8.55. The van der Waals surface area contributed by atoms with Crippen molar-refractivity contribution < 1.29 is 4.79 Å². The number of amides is 1. The van der Waals surface area contributed by atoms with Crippen LogP contribution in [0, 0.1) is 0 Å². The van der Waals surface area contributed by atoms with Gasteiger partial charge in [0.2, 0.25) is 0 Å². The van der Waals surface area contributed by atoms with Crippen molar-refractivity contribution in [3.8, 4) is 0 Å². The molecule has 26 heavy (non-hydrogen) atoms. The van der Waals surface area contributed by atoms with Crippen molar-refractivity contribution in [3.63, 3.8) is 0 Å². The van der Waals surface area contributed by atoms with Gasteiger partial charge in [0, 0.05) is 23.2 Å². The third kappa shape index (κ3) is 4.33. The lowest BCUT2D eigenvalue weighted by atomic mass is 9.84. The van der Waals surface area contributed by atoms with Crippen molar-refractivity contribution in [2.45, 2.75) is 25.8 Å². The summed E-state index contributed by atoms with van der Waals surface area (Å²) in [4.78, 5) is 12.5. The normalized spacial score (nSPS) is 11.3. The van der Waals surface area contributed by atoms with Gasteiger partial charge in [0.15, 0.2) is 0 Å². The van der Waals surface area contributed by atoms with Crippen molar-refractivity contribution >= 4 is 17.5 Å². The van der Waals surface area contributed by atoms with E-state index < -0.39 is 0 Å². The molecule has 0 bridgehead atoms. The van der Waals surface area contributed by atoms with Crippen LogP contribution in [0.4, 0.5) is 0 Å². The highest BCUT2D eigenvalue weighted by molar-refractivity contribution is 6.31. The molecule has 2 aromatic carbocycles. The lowest BCUT2D eigenvalue weighted by Gasteiger charge is -2.25. The second kappa shape index (κ2) is 7.75. The molecule has 0 spiro atoms. The van der Waals surface area contributed by atoms with E-state index in [1.807, 2.05) is 42.5 Å². The molecule has 0 aliphatic heterocycles. The van der Waals surface area contributed by atoms with Crippen LogP contribution < -0.4 is 5.32 Å². The SMILES string of the molecule is CC(C)(CNC(=O)c1cnn(Cc2ccccc2Cl)c1)c1ccccc1. The summed E-state index contributed by atoms with van der Waals surface area (Å²) in [6, 6.07) is 17.8. The Bertz CT molecular complexity index is 887. The summed E-state index contributed by atoms with van der Waals surface area (Å²) in [5.41, 5.74) is 2.55. The molecule has 1 heterocycles. The maximum absolute atomic E-state index is 12.5. The van der Waals surface area contributed by atoms with Crippen molar-refractivity contribution in [2.75, 3.05) is 6.54 Å². The van der Waals surface area contributed by atoms with Gasteiger partial charge in [-0.15, -0.1) is 0 Å². The summed E-state index contributed by atoms with van der Waals surface area (Å²) in [6.45, 7) is 5.31. The Labute approximate surface area is 158 Å². The molecule has 134 valence electrons. The van der Waals surface area contributed by atoms with Gasteiger partial charge in [-0.05, 0) is 17.2 Å². The second-order valence-corrected chi connectivity index (χ2v) is 7.36. The molecule has 1 amide bonds. The third-order valence-corrected chi connectivity index (χ3v) is 4.80. The van der Waals surface area contributed by atoms with Crippen LogP contribution in [0.1, 0.15) is 35.3 Å². The molecule has 3 rings (SSSR count). The van der Waals surface area contributed by atoms with Crippen molar-refractivity contribution in [2.24, 2.45) is 0 Å². The number of aromatic nitrogens is 2. The molecule has 0 fully saturated rings. The standard InChI is InChI=1S/C21H22ClN3O/c1-21(2,18-9-4-3-5-10-18)15-23-20(26)17-12-24-25(14-17)13-16-8-6-7-11-19(16)22/h3-12,14H,13,15H2,1-2H3,(H,23,26). The van der Waals surface area contributed by atoms with Gasteiger partial charge in [-0.3, -0.25) is 9.48 Å². The van der Waals surface area contributed by atoms with E-state index in [9.17, 15) is 4.79 Å². The van der Waals surface area contributed by atoms with Crippen LogP contribution >= 0.6 is 11.6 Å². The van der Waals surface area contributed by atoms with Crippen LogP contribution in [0.15, 0.2) is 67.0 Å². The predicted molar refractivity (Wildman–Crippen MR) is 105 cm³/mol. The Balaban J connectivity index is 1.62. The molecule has 3 aromatic rings. The lowest BCUT2D eigenvalue weighted by Crippen LogP contribution is -2.36. The Kier molecular flexibility index (Phi) is 5.43. The Hall–Kier alpha value is -2.59. The van der Waals surface area contributed by atoms with E-state index in [2.05, 4.69) is 36.4 Å². The van der Waals surface area contributed by atoms with Crippen LogP contribution in [0.3, 0.4) is 0 Å². The maximum atomic E-state index is 12.5. The van der Waals surface area contributed by atoms with Gasteiger partial charge >= 0.3 is 0 Å². The number of hydrogen-bond donors (Lipinski definition) is 1. The predicted octanol–water partition coefficient (Wildman–Crippen LogP) is 4.29. The monoisotopic (exact) mass is 367 g/mol. The number of nitrogens with one attached hydrogen (secondary N) is 1. The minimum Gasteiger partial charge on any atom is -0.351 e. The maximum Gasteiger partial charge on any atom is 0.254 e. The second-order valence-electron chi connectivity index (χ2n) is 6.95. The number of hydrogen-bond acceptors (Lipinski definition) is 2. The fraction of sp³-hybridized carbons (Fsp3) is 0.238. The van der Waals surface area contributed by atoms with Crippen LogP contribution in [-0.2, 0) is 12.0 Å². The minimum atomic E-state index is -0.148. The first-order chi connectivity index (χ1) is 12.5. The molecular weight excluding hydrogens is 346 g/mol. The average molecular weight is 368 g/mol. The fourth-order valence-corrected chi connectivity index (χ4v) is 2.96.